The number of rotatable bonds is 4. The molecule has 0 saturated carbocycles. The van der Waals surface area contributed by atoms with Crippen molar-refractivity contribution in [2.45, 2.75) is 19.3 Å². The summed E-state index contributed by atoms with van der Waals surface area (Å²) in [4.78, 5) is 14.7. The summed E-state index contributed by atoms with van der Waals surface area (Å²) in [6, 6.07) is 7.47. The van der Waals surface area contributed by atoms with Gasteiger partial charge in [-0.05, 0) is 18.6 Å². The molecular weight excluding hydrogens is 206 g/mol. The number of hydrogen-bond acceptors (Lipinski definition) is 4. The Labute approximate surface area is 92.2 Å². The van der Waals surface area contributed by atoms with Crippen molar-refractivity contribution in [3.63, 3.8) is 0 Å². The first-order valence-corrected chi connectivity index (χ1v) is 5.06. The van der Waals surface area contributed by atoms with Crippen LogP contribution in [0.15, 0.2) is 24.3 Å². The van der Waals surface area contributed by atoms with Crippen LogP contribution in [0.4, 0.5) is 0 Å². The lowest BCUT2D eigenvalue weighted by molar-refractivity contribution is -0.137. The smallest absolute Gasteiger partial charge is 0.303 e. The molecule has 1 aromatic heterocycles. The normalized spacial score (nSPS) is 10.5. The molecule has 0 aliphatic heterocycles. The molecule has 2 rings (SSSR count). The van der Waals surface area contributed by atoms with E-state index in [2.05, 4.69) is 15.2 Å². The summed E-state index contributed by atoms with van der Waals surface area (Å²) in [7, 11) is 0. The minimum absolute atomic E-state index is 0.135. The van der Waals surface area contributed by atoms with Gasteiger partial charge in [0.1, 0.15) is 5.52 Å². The van der Waals surface area contributed by atoms with Crippen LogP contribution in [0.3, 0.4) is 0 Å². The number of benzene rings is 1. The van der Waals surface area contributed by atoms with E-state index in [0.717, 1.165) is 11.0 Å². The number of aliphatic carboxylic acids is 1. The number of nitrogens with zero attached hydrogens (tertiary/aromatic N) is 3. The molecule has 5 heteroatoms. The van der Waals surface area contributed by atoms with E-state index in [1.165, 1.54) is 0 Å². The largest absolute Gasteiger partial charge is 0.481 e. The molecular formula is C11H11N3O2. The van der Waals surface area contributed by atoms with Gasteiger partial charge in [0.25, 0.3) is 0 Å². The van der Waals surface area contributed by atoms with Crippen molar-refractivity contribution in [3.8, 4) is 0 Å². The van der Waals surface area contributed by atoms with E-state index >= 15 is 0 Å². The predicted octanol–water partition coefficient (Wildman–Crippen LogP) is 1.43. The van der Waals surface area contributed by atoms with Crippen LogP contribution in [0.25, 0.3) is 11.0 Å². The van der Waals surface area contributed by atoms with E-state index < -0.39 is 5.97 Å². The van der Waals surface area contributed by atoms with E-state index in [0.29, 0.717) is 18.7 Å². The Kier molecular flexibility index (Phi) is 3.05. The number of aromatic nitrogens is 3. The fourth-order valence-corrected chi connectivity index (χ4v) is 1.42. The lowest BCUT2D eigenvalue weighted by atomic mass is 10.2. The highest BCUT2D eigenvalue weighted by Crippen LogP contribution is 2.07. The Morgan fingerprint density at radius 2 is 1.94 bits per heavy atom. The van der Waals surface area contributed by atoms with Crippen molar-refractivity contribution in [1.82, 2.24) is 15.2 Å². The van der Waals surface area contributed by atoms with Crippen molar-refractivity contribution >= 4 is 17.0 Å². The van der Waals surface area contributed by atoms with Crippen LogP contribution in [0.5, 0.6) is 0 Å². The third-order valence-electron chi connectivity index (χ3n) is 2.20. The van der Waals surface area contributed by atoms with Crippen molar-refractivity contribution in [2.24, 2.45) is 0 Å². The van der Waals surface area contributed by atoms with E-state index in [1.54, 1.807) is 0 Å². The summed E-state index contributed by atoms with van der Waals surface area (Å²) >= 11 is 0. The Morgan fingerprint density at radius 3 is 2.69 bits per heavy atom. The van der Waals surface area contributed by atoms with Gasteiger partial charge >= 0.3 is 5.97 Å². The average Bonchev–Trinajstić information content (AvgIpc) is 2.28. The topological polar surface area (TPSA) is 76.0 Å². The first kappa shape index (κ1) is 10.5. The number of carboxylic acid groups (broad SMARTS) is 1. The number of para-hydroxylation sites is 1. The summed E-state index contributed by atoms with van der Waals surface area (Å²) in [5.74, 6) is -0.200. The van der Waals surface area contributed by atoms with Gasteiger partial charge in [-0.15, -0.1) is 10.2 Å². The second-order valence-electron chi connectivity index (χ2n) is 3.46. The van der Waals surface area contributed by atoms with E-state index in [9.17, 15) is 4.79 Å². The number of carboxylic acids is 1. The second-order valence-corrected chi connectivity index (χ2v) is 3.46. The zero-order valence-corrected chi connectivity index (χ0v) is 8.63. The highest BCUT2D eigenvalue weighted by atomic mass is 16.4. The van der Waals surface area contributed by atoms with Gasteiger partial charge in [0.2, 0.25) is 0 Å². The molecule has 82 valence electrons. The Morgan fingerprint density at radius 1 is 1.19 bits per heavy atom. The third-order valence-corrected chi connectivity index (χ3v) is 2.20. The molecule has 0 atom stereocenters. The van der Waals surface area contributed by atoms with E-state index in [1.807, 2.05) is 24.3 Å². The van der Waals surface area contributed by atoms with Crippen LogP contribution < -0.4 is 0 Å². The second kappa shape index (κ2) is 4.65. The SMILES string of the molecule is O=C(O)CCCc1nnc2ccccc2n1. The molecule has 0 fully saturated rings. The van der Waals surface area contributed by atoms with Gasteiger partial charge in [0.15, 0.2) is 5.82 Å². The quantitative estimate of drug-likeness (QED) is 0.838. The van der Waals surface area contributed by atoms with Gasteiger partial charge < -0.3 is 5.11 Å². The van der Waals surface area contributed by atoms with Gasteiger partial charge in [0.05, 0.1) is 5.52 Å². The van der Waals surface area contributed by atoms with Crippen LogP contribution in [0, 0.1) is 0 Å². The summed E-state index contributed by atoms with van der Waals surface area (Å²) in [6.45, 7) is 0. The molecule has 5 nitrogen and oxygen atoms in total. The maximum atomic E-state index is 10.3. The fraction of sp³-hybridized carbons (Fsp3) is 0.273. The standard InChI is InChI=1S/C11H11N3O2/c15-11(16)7-3-6-10-12-8-4-1-2-5-9(8)13-14-10/h1-2,4-5H,3,6-7H2,(H,15,16). The van der Waals surface area contributed by atoms with Crippen LogP contribution >= 0.6 is 0 Å². The summed E-state index contributed by atoms with van der Waals surface area (Å²) < 4.78 is 0. The number of aryl methyl sites for hydroxylation is 1. The molecule has 0 radical (unpaired) electrons. The summed E-state index contributed by atoms with van der Waals surface area (Å²) in [5.41, 5.74) is 1.55. The highest BCUT2D eigenvalue weighted by Gasteiger charge is 2.02. The van der Waals surface area contributed by atoms with Crippen LogP contribution in [0.1, 0.15) is 18.7 Å². The number of carbonyl (C=O) groups is 1. The monoisotopic (exact) mass is 217 g/mol. The zero-order valence-electron chi connectivity index (χ0n) is 8.63. The fourth-order valence-electron chi connectivity index (χ4n) is 1.42. The van der Waals surface area contributed by atoms with Gasteiger partial charge in [-0.1, -0.05) is 12.1 Å². The lowest BCUT2D eigenvalue weighted by Crippen LogP contribution is -2.01. The molecule has 0 amide bonds. The average molecular weight is 217 g/mol. The van der Waals surface area contributed by atoms with E-state index in [-0.39, 0.29) is 6.42 Å². The number of hydrogen-bond donors (Lipinski definition) is 1. The van der Waals surface area contributed by atoms with Crippen molar-refractivity contribution in [2.75, 3.05) is 0 Å². The Hall–Kier alpha value is -2.04. The molecule has 1 N–H and O–H groups in total. The van der Waals surface area contributed by atoms with Gasteiger partial charge in [0, 0.05) is 12.8 Å². The minimum atomic E-state index is -0.797. The predicted molar refractivity (Wildman–Crippen MR) is 57.9 cm³/mol. The third kappa shape index (κ3) is 2.50. The highest BCUT2D eigenvalue weighted by molar-refractivity contribution is 5.72. The van der Waals surface area contributed by atoms with Crippen molar-refractivity contribution < 1.29 is 9.90 Å². The maximum Gasteiger partial charge on any atom is 0.303 e. The molecule has 1 aromatic carbocycles. The van der Waals surface area contributed by atoms with Crippen LogP contribution in [-0.4, -0.2) is 26.3 Å². The van der Waals surface area contributed by atoms with Gasteiger partial charge in [-0.25, -0.2) is 4.98 Å². The lowest BCUT2D eigenvalue weighted by Gasteiger charge is -1.99. The molecule has 0 spiro atoms. The Bertz CT molecular complexity index is 513. The molecule has 1 heterocycles. The van der Waals surface area contributed by atoms with Crippen molar-refractivity contribution in [1.29, 1.82) is 0 Å². The van der Waals surface area contributed by atoms with Crippen LogP contribution in [-0.2, 0) is 11.2 Å². The minimum Gasteiger partial charge on any atom is -0.481 e. The molecule has 0 unspecified atom stereocenters. The van der Waals surface area contributed by atoms with E-state index in [4.69, 9.17) is 5.11 Å². The molecule has 0 saturated heterocycles. The van der Waals surface area contributed by atoms with Gasteiger partial charge in [-0.2, -0.15) is 0 Å². The first-order valence-electron chi connectivity index (χ1n) is 5.06. The zero-order chi connectivity index (χ0) is 11.4. The molecule has 0 bridgehead atoms. The maximum absolute atomic E-state index is 10.3. The molecule has 16 heavy (non-hydrogen) atoms. The number of fused-ring (bicyclic) bond motifs is 1. The van der Waals surface area contributed by atoms with Crippen LogP contribution in [0.2, 0.25) is 0 Å². The first-order chi connectivity index (χ1) is 7.75. The summed E-state index contributed by atoms with van der Waals surface area (Å²) in [5, 5.41) is 16.5. The van der Waals surface area contributed by atoms with Gasteiger partial charge in [-0.3, -0.25) is 4.79 Å². The molecule has 0 aliphatic rings. The summed E-state index contributed by atoms with van der Waals surface area (Å²) in [6.07, 6.45) is 1.22. The molecule has 2 aromatic rings. The Balaban J connectivity index is 2.10. The van der Waals surface area contributed by atoms with Crippen molar-refractivity contribution in [3.05, 3.63) is 30.1 Å². The molecule has 0 aliphatic carbocycles.